The molecule has 0 saturated heterocycles. The van der Waals surface area contributed by atoms with E-state index in [9.17, 15) is 18.0 Å². The minimum absolute atomic E-state index is 0.0287. The summed E-state index contributed by atoms with van der Waals surface area (Å²) < 4.78 is 45.4. The van der Waals surface area contributed by atoms with Crippen LogP contribution < -0.4 is 5.76 Å². The van der Waals surface area contributed by atoms with Crippen LogP contribution in [0.5, 0.6) is 0 Å². The summed E-state index contributed by atoms with van der Waals surface area (Å²) in [5.41, 5.74) is 0.852. The quantitative estimate of drug-likeness (QED) is 0.743. The first-order chi connectivity index (χ1) is 11.0. The first-order valence-corrected chi connectivity index (χ1v) is 6.76. The number of nitrogens with zero attached hydrogens (tertiary/aromatic N) is 2. The molecular weight excluding hydrogens is 309 g/mol. The van der Waals surface area contributed by atoms with Crippen molar-refractivity contribution >= 4 is 0 Å². The van der Waals surface area contributed by atoms with E-state index >= 15 is 0 Å². The van der Waals surface area contributed by atoms with Crippen LogP contribution in [0.25, 0.3) is 0 Å². The lowest BCUT2D eigenvalue weighted by atomic mass is 10.1. The highest BCUT2D eigenvalue weighted by molar-refractivity contribution is 5.22. The summed E-state index contributed by atoms with van der Waals surface area (Å²) in [4.78, 5) is 11.7. The van der Waals surface area contributed by atoms with Crippen LogP contribution in [0, 0.1) is 17.5 Å². The number of benzene rings is 2. The molecule has 3 rings (SSSR count). The Morgan fingerprint density at radius 3 is 2.39 bits per heavy atom. The highest BCUT2D eigenvalue weighted by Gasteiger charge is 2.14. The van der Waals surface area contributed by atoms with Crippen molar-refractivity contribution in [2.24, 2.45) is 0 Å². The number of rotatable bonds is 4. The van der Waals surface area contributed by atoms with Crippen LogP contribution in [0.3, 0.4) is 0 Å². The Morgan fingerprint density at radius 1 is 1.00 bits per heavy atom. The zero-order valence-corrected chi connectivity index (χ0v) is 11.8. The molecule has 0 aliphatic rings. The maximum atomic E-state index is 13.7. The van der Waals surface area contributed by atoms with Gasteiger partial charge in [0, 0.05) is 12.5 Å². The topological polar surface area (TPSA) is 48.0 Å². The van der Waals surface area contributed by atoms with Crippen molar-refractivity contribution in [1.82, 2.24) is 9.72 Å². The molecule has 0 aliphatic carbocycles. The molecule has 3 aromatic rings. The second-order valence-electron chi connectivity index (χ2n) is 4.99. The van der Waals surface area contributed by atoms with Gasteiger partial charge in [-0.05, 0) is 29.3 Å². The third-order valence-corrected chi connectivity index (χ3v) is 3.38. The second kappa shape index (κ2) is 6.12. The van der Waals surface area contributed by atoms with Gasteiger partial charge in [0.25, 0.3) is 0 Å². The molecule has 0 N–H and O–H groups in total. The van der Waals surface area contributed by atoms with Crippen LogP contribution in [0.4, 0.5) is 13.2 Å². The molecule has 2 aromatic carbocycles. The molecule has 0 bridgehead atoms. The molecular formula is C16H11F3N2O2. The standard InChI is InChI=1S/C16H11F3N2O2/c17-12-4-1-10(2-5-12)9-21-15(20-23-16(21)22)7-11-3-6-13(18)8-14(11)19/h1-6,8H,7,9H2. The lowest BCUT2D eigenvalue weighted by molar-refractivity contribution is 0.375. The first kappa shape index (κ1) is 15.1. The van der Waals surface area contributed by atoms with E-state index in [4.69, 9.17) is 0 Å². The zero-order chi connectivity index (χ0) is 16.4. The third-order valence-electron chi connectivity index (χ3n) is 3.38. The van der Waals surface area contributed by atoms with Gasteiger partial charge in [0.2, 0.25) is 0 Å². The molecule has 0 aliphatic heterocycles. The molecule has 4 nitrogen and oxygen atoms in total. The average molecular weight is 320 g/mol. The molecule has 0 amide bonds. The van der Waals surface area contributed by atoms with E-state index in [2.05, 4.69) is 9.68 Å². The van der Waals surface area contributed by atoms with E-state index in [1.165, 1.54) is 34.9 Å². The van der Waals surface area contributed by atoms with E-state index in [0.717, 1.165) is 12.1 Å². The first-order valence-electron chi connectivity index (χ1n) is 6.76. The fourth-order valence-electron chi connectivity index (χ4n) is 2.19. The Hall–Kier alpha value is -2.83. The Labute approximate surface area is 128 Å². The van der Waals surface area contributed by atoms with Gasteiger partial charge in [-0.1, -0.05) is 23.4 Å². The van der Waals surface area contributed by atoms with Crippen molar-refractivity contribution in [2.45, 2.75) is 13.0 Å². The van der Waals surface area contributed by atoms with Gasteiger partial charge in [-0.15, -0.1) is 0 Å². The summed E-state index contributed by atoms with van der Waals surface area (Å²) in [7, 11) is 0. The van der Waals surface area contributed by atoms with Gasteiger partial charge in [-0.25, -0.2) is 18.0 Å². The SMILES string of the molecule is O=c1onc(Cc2ccc(F)cc2F)n1Cc1ccc(F)cc1. The summed E-state index contributed by atoms with van der Waals surface area (Å²) in [5.74, 6) is -2.31. The molecule has 1 heterocycles. The molecule has 0 unspecified atom stereocenters. The van der Waals surface area contributed by atoms with Crippen LogP contribution in [-0.2, 0) is 13.0 Å². The smallest absolute Gasteiger partial charge is 0.296 e. The maximum absolute atomic E-state index is 13.7. The highest BCUT2D eigenvalue weighted by atomic mass is 19.1. The monoisotopic (exact) mass is 320 g/mol. The van der Waals surface area contributed by atoms with Gasteiger partial charge in [0.1, 0.15) is 17.5 Å². The summed E-state index contributed by atoms with van der Waals surface area (Å²) in [6.45, 7) is 0.112. The van der Waals surface area contributed by atoms with Crippen LogP contribution in [0.1, 0.15) is 17.0 Å². The molecule has 118 valence electrons. The maximum Gasteiger partial charge on any atom is 0.441 e. The second-order valence-corrected chi connectivity index (χ2v) is 4.99. The predicted octanol–water partition coefficient (Wildman–Crippen LogP) is 2.89. The minimum atomic E-state index is -0.728. The Morgan fingerprint density at radius 2 is 1.70 bits per heavy atom. The fourth-order valence-corrected chi connectivity index (χ4v) is 2.19. The van der Waals surface area contributed by atoms with E-state index in [1.54, 1.807) is 0 Å². The molecule has 0 saturated carbocycles. The number of hydrogen-bond acceptors (Lipinski definition) is 3. The van der Waals surface area contributed by atoms with Crippen LogP contribution in [0.2, 0.25) is 0 Å². The van der Waals surface area contributed by atoms with Crippen LogP contribution >= 0.6 is 0 Å². The summed E-state index contributed by atoms with van der Waals surface area (Å²) in [6, 6.07) is 8.76. The van der Waals surface area contributed by atoms with Crippen molar-refractivity contribution < 1.29 is 17.7 Å². The molecule has 0 fully saturated rings. The van der Waals surface area contributed by atoms with E-state index < -0.39 is 17.4 Å². The van der Waals surface area contributed by atoms with Gasteiger partial charge < -0.3 is 0 Å². The number of hydrogen-bond donors (Lipinski definition) is 0. The Kier molecular flexibility index (Phi) is 4.01. The molecule has 1 aromatic heterocycles. The van der Waals surface area contributed by atoms with Gasteiger partial charge >= 0.3 is 5.76 Å². The van der Waals surface area contributed by atoms with E-state index in [1.807, 2.05) is 0 Å². The fraction of sp³-hybridized carbons (Fsp3) is 0.125. The molecule has 23 heavy (non-hydrogen) atoms. The predicted molar refractivity (Wildman–Crippen MR) is 75.4 cm³/mol. The number of halogens is 3. The van der Waals surface area contributed by atoms with Crippen molar-refractivity contribution in [3.05, 3.63) is 87.4 Å². The largest absolute Gasteiger partial charge is 0.441 e. The minimum Gasteiger partial charge on any atom is -0.296 e. The summed E-state index contributed by atoms with van der Waals surface area (Å²) >= 11 is 0. The Bertz CT molecular complexity index is 885. The third kappa shape index (κ3) is 3.33. The normalized spacial score (nSPS) is 10.9. The van der Waals surface area contributed by atoms with Crippen molar-refractivity contribution in [1.29, 1.82) is 0 Å². The van der Waals surface area contributed by atoms with Gasteiger partial charge in [0.05, 0.1) is 6.54 Å². The van der Waals surface area contributed by atoms with Crippen molar-refractivity contribution in [3.8, 4) is 0 Å². The lowest BCUT2D eigenvalue weighted by Gasteiger charge is -2.06. The van der Waals surface area contributed by atoms with Gasteiger partial charge in [-0.2, -0.15) is 0 Å². The van der Waals surface area contributed by atoms with Gasteiger partial charge in [0.15, 0.2) is 5.82 Å². The number of aromatic nitrogens is 2. The average Bonchev–Trinajstić information content (AvgIpc) is 2.85. The van der Waals surface area contributed by atoms with Crippen LogP contribution in [-0.4, -0.2) is 9.72 Å². The molecule has 0 radical (unpaired) electrons. The van der Waals surface area contributed by atoms with Gasteiger partial charge in [-0.3, -0.25) is 9.09 Å². The zero-order valence-electron chi connectivity index (χ0n) is 11.8. The molecule has 0 spiro atoms. The van der Waals surface area contributed by atoms with Crippen LogP contribution in [0.15, 0.2) is 51.8 Å². The Balaban J connectivity index is 1.89. The molecule has 0 atom stereocenters. The molecule has 7 heteroatoms. The highest BCUT2D eigenvalue weighted by Crippen LogP contribution is 2.14. The summed E-state index contributed by atoms with van der Waals surface area (Å²) in [6.07, 6.45) is -0.0287. The summed E-state index contributed by atoms with van der Waals surface area (Å²) in [5, 5.41) is 3.63. The van der Waals surface area contributed by atoms with Crippen molar-refractivity contribution in [3.63, 3.8) is 0 Å². The van der Waals surface area contributed by atoms with Crippen molar-refractivity contribution in [2.75, 3.05) is 0 Å². The van der Waals surface area contributed by atoms with E-state index in [-0.39, 0.29) is 30.2 Å². The van der Waals surface area contributed by atoms with E-state index in [0.29, 0.717) is 5.56 Å². The lowest BCUT2D eigenvalue weighted by Crippen LogP contribution is -2.18.